The van der Waals surface area contributed by atoms with Gasteiger partial charge in [-0.05, 0) is 73.5 Å². The number of piperidine rings is 1. The summed E-state index contributed by atoms with van der Waals surface area (Å²) in [5, 5.41) is 5.72. The quantitative estimate of drug-likeness (QED) is 0.518. The Morgan fingerprint density at radius 3 is 2.47 bits per heavy atom. The summed E-state index contributed by atoms with van der Waals surface area (Å²) in [5.74, 6) is -1.09. The molecule has 7 nitrogen and oxygen atoms in total. The van der Waals surface area contributed by atoms with Crippen molar-refractivity contribution in [1.29, 1.82) is 0 Å². The van der Waals surface area contributed by atoms with Crippen molar-refractivity contribution in [2.45, 2.75) is 38.1 Å². The average Bonchev–Trinajstić information content (AvgIpc) is 3.58. The summed E-state index contributed by atoms with van der Waals surface area (Å²) in [7, 11) is 0. The van der Waals surface area contributed by atoms with Gasteiger partial charge in [0.15, 0.2) is 0 Å². The topological polar surface area (TPSA) is 95.6 Å². The fourth-order valence-corrected chi connectivity index (χ4v) is 4.42. The number of hydrogen-bond acceptors (Lipinski definition) is 5. The third kappa shape index (κ3) is 3.96. The van der Waals surface area contributed by atoms with Crippen molar-refractivity contribution >= 4 is 23.6 Å². The molecule has 1 saturated heterocycles. The molecular formula is C25H25N3O4. The molecule has 1 aliphatic carbocycles. The summed E-state index contributed by atoms with van der Waals surface area (Å²) in [4.78, 5) is 50.6. The van der Waals surface area contributed by atoms with E-state index in [0.717, 1.165) is 41.5 Å². The molecule has 0 aromatic heterocycles. The van der Waals surface area contributed by atoms with Crippen molar-refractivity contribution in [3.05, 3.63) is 59.2 Å². The third-order valence-corrected chi connectivity index (χ3v) is 6.42. The van der Waals surface area contributed by atoms with Crippen LogP contribution in [0.4, 0.5) is 0 Å². The number of rotatable bonds is 7. The van der Waals surface area contributed by atoms with E-state index < -0.39 is 23.8 Å². The van der Waals surface area contributed by atoms with Crippen LogP contribution in [0.1, 0.15) is 52.0 Å². The Bertz CT molecular complexity index is 1120. The van der Waals surface area contributed by atoms with Crippen molar-refractivity contribution in [2.24, 2.45) is 5.92 Å². The van der Waals surface area contributed by atoms with Crippen LogP contribution in [-0.2, 0) is 16.0 Å². The lowest BCUT2D eigenvalue weighted by atomic mass is 9.98. The fourth-order valence-electron chi connectivity index (χ4n) is 4.42. The summed E-state index contributed by atoms with van der Waals surface area (Å²) in [6.45, 7) is 2.02. The van der Waals surface area contributed by atoms with Crippen LogP contribution < -0.4 is 10.6 Å². The van der Waals surface area contributed by atoms with Crippen LogP contribution >= 0.6 is 0 Å². The van der Waals surface area contributed by atoms with E-state index in [-0.39, 0.29) is 18.7 Å². The minimum atomic E-state index is -0.949. The normalized spacial score (nSPS) is 20.5. The molecule has 1 atom stereocenters. The largest absolute Gasteiger partial charge is 0.316 e. The molecule has 2 fully saturated rings. The minimum absolute atomic E-state index is 0.108. The first-order chi connectivity index (χ1) is 15.5. The summed E-state index contributed by atoms with van der Waals surface area (Å²) in [5.41, 5.74) is 3.63. The van der Waals surface area contributed by atoms with Crippen LogP contribution in [-0.4, -0.2) is 47.7 Å². The van der Waals surface area contributed by atoms with Gasteiger partial charge >= 0.3 is 0 Å². The molecule has 2 aromatic rings. The van der Waals surface area contributed by atoms with Gasteiger partial charge in [-0.25, -0.2) is 0 Å². The van der Waals surface area contributed by atoms with Crippen molar-refractivity contribution < 1.29 is 19.2 Å². The highest BCUT2D eigenvalue weighted by molar-refractivity contribution is 6.23. The molecule has 7 heteroatoms. The molecule has 1 unspecified atom stereocenters. The van der Waals surface area contributed by atoms with E-state index in [9.17, 15) is 19.2 Å². The molecule has 2 aromatic carbocycles. The molecular weight excluding hydrogens is 406 g/mol. The Hall–Kier alpha value is -3.32. The van der Waals surface area contributed by atoms with Gasteiger partial charge in [0.2, 0.25) is 11.8 Å². The smallest absolute Gasteiger partial charge is 0.262 e. The Morgan fingerprint density at radius 1 is 0.906 bits per heavy atom. The van der Waals surface area contributed by atoms with E-state index in [2.05, 4.69) is 22.8 Å². The summed E-state index contributed by atoms with van der Waals surface area (Å²) in [6, 6.07) is 12.5. The second-order valence-corrected chi connectivity index (χ2v) is 8.81. The van der Waals surface area contributed by atoms with Gasteiger partial charge in [0, 0.05) is 6.42 Å². The lowest BCUT2D eigenvalue weighted by Crippen LogP contribution is -2.54. The van der Waals surface area contributed by atoms with E-state index in [1.54, 1.807) is 12.1 Å². The first kappa shape index (κ1) is 20.6. The van der Waals surface area contributed by atoms with Gasteiger partial charge in [0.1, 0.15) is 6.04 Å². The van der Waals surface area contributed by atoms with Crippen LogP contribution in [0.2, 0.25) is 0 Å². The van der Waals surface area contributed by atoms with E-state index in [0.29, 0.717) is 11.1 Å². The Kier molecular flexibility index (Phi) is 5.35. The zero-order chi connectivity index (χ0) is 22.2. The van der Waals surface area contributed by atoms with Crippen molar-refractivity contribution in [3.8, 4) is 11.1 Å². The molecule has 32 heavy (non-hydrogen) atoms. The van der Waals surface area contributed by atoms with Gasteiger partial charge < -0.3 is 5.32 Å². The van der Waals surface area contributed by atoms with Crippen LogP contribution in [0.5, 0.6) is 0 Å². The molecule has 0 bridgehead atoms. The van der Waals surface area contributed by atoms with Gasteiger partial charge in [-0.3, -0.25) is 29.4 Å². The maximum absolute atomic E-state index is 13.1. The maximum Gasteiger partial charge on any atom is 0.262 e. The van der Waals surface area contributed by atoms with Crippen LogP contribution in [0, 0.1) is 5.92 Å². The predicted octanol–water partition coefficient (Wildman–Crippen LogP) is 2.30. The first-order valence-corrected chi connectivity index (χ1v) is 11.2. The van der Waals surface area contributed by atoms with E-state index >= 15 is 0 Å². The molecule has 2 heterocycles. The second-order valence-electron chi connectivity index (χ2n) is 8.81. The van der Waals surface area contributed by atoms with E-state index in [1.165, 1.54) is 18.4 Å². The van der Waals surface area contributed by atoms with Crippen LogP contribution in [0.25, 0.3) is 11.1 Å². The number of nitrogens with zero attached hydrogens (tertiary/aromatic N) is 1. The van der Waals surface area contributed by atoms with Crippen LogP contribution in [0.15, 0.2) is 42.5 Å². The SMILES string of the molecule is O=C1CCC(N2C(=O)c3ccc(-c4cccc(CCNCC5CC5)c4)cc3C2=O)C(=O)N1. The average molecular weight is 431 g/mol. The van der Waals surface area contributed by atoms with Crippen LogP contribution in [0.3, 0.4) is 0 Å². The third-order valence-electron chi connectivity index (χ3n) is 6.42. The lowest BCUT2D eigenvalue weighted by molar-refractivity contribution is -0.136. The highest BCUT2D eigenvalue weighted by Gasteiger charge is 2.44. The molecule has 1 saturated carbocycles. The summed E-state index contributed by atoms with van der Waals surface area (Å²) in [6.07, 6.45) is 3.86. The zero-order valence-corrected chi connectivity index (χ0v) is 17.7. The monoisotopic (exact) mass is 431 g/mol. The zero-order valence-electron chi connectivity index (χ0n) is 17.7. The fraction of sp³-hybridized carbons (Fsp3) is 0.360. The molecule has 0 spiro atoms. The number of carbonyl (C=O) groups excluding carboxylic acids is 4. The van der Waals surface area contributed by atoms with Gasteiger partial charge in [-0.15, -0.1) is 0 Å². The first-order valence-electron chi connectivity index (χ1n) is 11.2. The van der Waals surface area contributed by atoms with Crippen molar-refractivity contribution in [1.82, 2.24) is 15.5 Å². The van der Waals surface area contributed by atoms with Gasteiger partial charge in [-0.2, -0.15) is 0 Å². The Morgan fingerprint density at radius 2 is 1.69 bits per heavy atom. The van der Waals surface area contributed by atoms with Crippen molar-refractivity contribution in [2.75, 3.05) is 13.1 Å². The number of benzene rings is 2. The Labute approximate surface area is 186 Å². The molecule has 4 amide bonds. The molecule has 2 N–H and O–H groups in total. The Balaban J connectivity index is 1.34. The molecule has 3 aliphatic rings. The van der Waals surface area contributed by atoms with E-state index in [4.69, 9.17) is 0 Å². The molecule has 0 radical (unpaired) electrons. The summed E-state index contributed by atoms with van der Waals surface area (Å²) < 4.78 is 0. The maximum atomic E-state index is 13.1. The predicted molar refractivity (Wildman–Crippen MR) is 118 cm³/mol. The number of imide groups is 2. The van der Waals surface area contributed by atoms with Gasteiger partial charge in [0.05, 0.1) is 11.1 Å². The number of fused-ring (bicyclic) bond motifs is 1. The molecule has 164 valence electrons. The number of amides is 4. The summed E-state index contributed by atoms with van der Waals surface area (Å²) >= 11 is 0. The second kappa shape index (κ2) is 8.31. The number of carbonyl (C=O) groups is 4. The van der Waals surface area contributed by atoms with Gasteiger partial charge in [0.25, 0.3) is 11.8 Å². The van der Waals surface area contributed by atoms with Crippen molar-refractivity contribution in [3.63, 3.8) is 0 Å². The van der Waals surface area contributed by atoms with Gasteiger partial charge in [-0.1, -0.05) is 30.3 Å². The minimum Gasteiger partial charge on any atom is -0.316 e. The number of nitrogens with one attached hydrogen (secondary N) is 2. The molecule has 5 rings (SSSR count). The lowest BCUT2D eigenvalue weighted by Gasteiger charge is -2.27. The number of hydrogen-bond donors (Lipinski definition) is 2. The standard InChI is InChI=1S/C25H25N3O4/c29-22-9-8-21(23(30)27-22)28-24(31)19-7-6-18(13-20(19)25(28)32)17-3-1-2-15(12-17)10-11-26-14-16-4-5-16/h1-3,6-7,12-13,16,21,26H,4-5,8-11,14H2,(H,27,29,30). The highest BCUT2D eigenvalue weighted by Crippen LogP contribution is 2.31. The highest BCUT2D eigenvalue weighted by atomic mass is 16.2. The van der Waals surface area contributed by atoms with E-state index in [1.807, 2.05) is 18.2 Å². The molecule has 2 aliphatic heterocycles.